The first-order valence-corrected chi connectivity index (χ1v) is 8.67. The van der Waals surface area contributed by atoms with Crippen LogP contribution in [-0.2, 0) is 4.74 Å². The van der Waals surface area contributed by atoms with Crippen LogP contribution in [0, 0.1) is 5.92 Å². The highest BCUT2D eigenvalue weighted by molar-refractivity contribution is 5.92. The molecule has 3 rings (SSSR count). The van der Waals surface area contributed by atoms with Crippen molar-refractivity contribution in [3.8, 4) is 0 Å². The second-order valence-electron chi connectivity index (χ2n) is 6.73. The van der Waals surface area contributed by atoms with E-state index < -0.39 is 0 Å². The van der Waals surface area contributed by atoms with Crippen molar-refractivity contribution in [3.05, 3.63) is 36.3 Å². The van der Waals surface area contributed by atoms with Gasteiger partial charge >= 0.3 is 0 Å². The number of nitrogens with zero attached hydrogens (tertiary/aromatic N) is 3. The fourth-order valence-electron chi connectivity index (χ4n) is 3.19. The zero-order valence-corrected chi connectivity index (χ0v) is 14.4. The summed E-state index contributed by atoms with van der Waals surface area (Å²) in [4.78, 5) is 19.3. The van der Waals surface area contributed by atoms with Gasteiger partial charge in [0.2, 0.25) is 0 Å². The molecule has 1 aliphatic heterocycles. The van der Waals surface area contributed by atoms with E-state index in [4.69, 9.17) is 4.74 Å². The van der Waals surface area contributed by atoms with Gasteiger partial charge in [0.25, 0.3) is 5.91 Å². The summed E-state index contributed by atoms with van der Waals surface area (Å²) in [6, 6.07) is 6.08. The Bertz CT molecular complexity index is 643. The van der Waals surface area contributed by atoms with E-state index in [1.54, 1.807) is 6.20 Å². The Kier molecular flexibility index (Phi) is 5.48. The number of ether oxygens (including phenoxy) is 1. The molecule has 0 aliphatic carbocycles. The van der Waals surface area contributed by atoms with Gasteiger partial charge in [-0.2, -0.15) is 0 Å². The first-order valence-electron chi connectivity index (χ1n) is 8.67. The van der Waals surface area contributed by atoms with Gasteiger partial charge in [0.15, 0.2) is 0 Å². The first-order chi connectivity index (χ1) is 11.6. The molecule has 0 radical (unpaired) electrons. The quantitative estimate of drug-likeness (QED) is 0.878. The number of amides is 1. The molecule has 24 heavy (non-hydrogen) atoms. The molecule has 2 aromatic rings. The van der Waals surface area contributed by atoms with Crippen LogP contribution in [0.2, 0.25) is 0 Å². The summed E-state index contributed by atoms with van der Waals surface area (Å²) in [6.45, 7) is 8.49. The van der Waals surface area contributed by atoms with Crippen LogP contribution < -0.4 is 5.32 Å². The topological polar surface area (TPSA) is 58.9 Å². The van der Waals surface area contributed by atoms with Gasteiger partial charge in [0.05, 0.1) is 13.2 Å². The molecular formula is C18H26N4O2. The van der Waals surface area contributed by atoms with Crippen molar-refractivity contribution < 1.29 is 9.53 Å². The van der Waals surface area contributed by atoms with Gasteiger partial charge in [-0.05, 0) is 24.5 Å². The lowest BCUT2D eigenvalue weighted by Crippen LogP contribution is -2.49. The molecule has 0 spiro atoms. The highest BCUT2D eigenvalue weighted by Crippen LogP contribution is 2.13. The van der Waals surface area contributed by atoms with E-state index in [0.29, 0.717) is 24.2 Å². The summed E-state index contributed by atoms with van der Waals surface area (Å²) >= 11 is 0. The number of aromatic nitrogens is 2. The van der Waals surface area contributed by atoms with Crippen LogP contribution in [0.15, 0.2) is 30.6 Å². The second-order valence-corrected chi connectivity index (χ2v) is 6.73. The minimum atomic E-state index is -0.110. The van der Waals surface area contributed by atoms with E-state index in [2.05, 4.69) is 29.0 Å². The maximum atomic E-state index is 12.5. The molecule has 1 N–H and O–H groups in total. The molecule has 6 heteroatoms. The number of hydrogen-bond acceptors (Lipinski definition) is 4. The number of rotatable bonds is 6. The van der Waals surface area contributed by atoms with Crippen LogP contribution in [0.3, 0.4) is 0 Å². The lowest BCUT2D eigenvalue weighted by molar-refractivity contribution is 0.0124. The summed E-state index contributed by atoms with van der Waals surface area (Å²) in [5.41, 5.74) is 1.25. The molecule has 130 valence electrons. The molecule has 1 amide bonds. The summed E-state index contributed by atoms with van der Waals surface area (Å²) < 4.78 is 7.31. The predicted octanol–water partition coefficient (Wildman–Crippen LogP) is 1.81. The average molecular weight is 330 g/mol. The lowest BCUT2D eigenvalue weighted by Gasteiger charge is -2.35. The van der Waals surface area contributed by atoms with Crippen LogP contribution in [0.5, 0.6) is 0 Å². The monoisotopic (exact) mass is 330 g/mol. The molecule has 1 fully saturated rings. The maximum Gasteiger partial charge on any atom is 0.271 e. The Hall–Kier alpha value is -1.92. The predicted molar refractivity (Wildman–Crippen MR) is 93.2 cm³/mol. The number of carbonyl (C=O) groups is 1. The van der Waals surface area contributed by atoms with Gasteiger partial charge in [-0.1, -0.05) is 19.9 Å². The minimum absolute atomic E-state index is 0.110. The number of pyridine rings is 1. The van der Waals surface area contributed by atoms with Crippen LogP contribution in [0.25, 0.3) is 5.65 Å². The standard InChI is InChI=1S/C18H26N4O2/c1-14(2)11-15(21-7-9-24-10-8-21)12-19-18(23)16-13-22-6-4-3-5-17(22)20-16/h3-6,13-15H,7-12H2,1-2H3,(H,19,23)/t15-/m0/s1. The lowest BCUT2D eigenvalue weighted by atomic mass is 10.0. The van der Waals surface area contributed by atoms with Gasteiger partial charge < -0.3 is 14.5 Å². The van der Waals surface area contributed by atoms with E-state index in [9.17, 15) is 4.79 Å². The third-order valence-corrected chi connectivity index (χ3v) is 4.40. The zero-order chi connectivity index (χ0) is 16.9. The highest BCUT2D eigenvalue weighted by atomic mass is 16.5. The third kappa shape index (κ3) is 4.13. The number of nitrogens with one attached hydrogen (secondary N) is 1. The third-order valence-electron chi connectivity index (χ3n) is 4.40. The number of morpholine rings is 1. The molecule has 0 aromatic carbocycles. The van der Waals surface area contributed by atoms with E-state index in [1.807, 2.05) is 28.8 Å². The Morgan fingerprint density at radius 2 is 2.12 bits per heavy atom. The molecular weight excluding hydrogens is 304 g/mol. The Morgan fingerprint density at radius 3 is 2.83 bits per heavy atom. The molecule has 1 aliphatic rings. The smallest absolute Gasteiger partial charge is 0.271 e. The SMILES string of the molecule is CC(C)C[C@@H](CNC(=O)c1cn2ccccc2n1)N1CCOCC1. The largest absolute Gasteiger partial charge is 0.379 e. The van der Waals surface area contributed by atoms with E-state index in [1.165, 1.54) is 0 Å². The van der Waals surface area contributed by atoms with Crippen molar-refractivity contribution in [1.82, 2.24) is 19.6 Å². The summed E-state index contributed by atoms with van der Waals surface area (Å²) in [6.07, 6.45) is 4.73. The number of imidazole rings is 1. The molecule has 2 aromatic heterocycles. The van der Waals surface area contributed by atoms with Gasteiger partial charge in [0, 0.05) is 38.1 Å². The van der Waals surface area contributed by atoms with E-state index >= 15 is 0 Å². The van der Waals surface area contributed by atoms with Crippen LogP contribution >= 0.6 is 0 Å². The zero-order valence-electron chi connectivity index (χ0n) is 14.4. The minimum Gasteiger partial charge on any atom is -0.379 e. The average Bonchev–Trinajstić information content (AvgIpc) is 3.03. The number of hydrogen-bond donors (Lipinski definition) is 1. The molecule has 0 unspecified atom stereocenters. The maximum absolute atomic E-state index is 12.5. The van der Waals surface area contributed by atoms with Crippen molar-refractivity contribution in [1.29, 1.82) is 0 Å². The fraction of sp³-hybridized carbons (Fsp3) is 0.556. The van der Waals surface area contributed by atoms with Crippen LogP contribution in [-0.4, -0.2) is 59.1 Å². The molecule has 6 nitrogen and oxygen atoms in total. The summed E-state index contributed by atoms with van der Waals surface area (Å²) in [5.74, 6) is 0.477. The van der Waals surface area contributed by atoms with E-state index in [-0.39, 0.29) is 5.91 Å². The van der Waals surface area contributed by atoms with Crippen LogP contribution in [0.4, 0.5) is 0 Å². The van der Waals surface area contributed by atoms with Gasteiger partial charge in [-0.3, -0.25) is 9.69 Å². The fourth-order valence-corrected chi connectivity index (χ4v) is 3.19. The van der Waals surface area contributed by atoms with Crippen molar-refractivity contribution >= 4 is 11.6 Å². The Morgan fingerprint density at radius 1 is 1.33 bits per heavy atom. The van der Waals surface area contributed by atoms with Gasteiger partial charge in [-0.25, -0.2) is 4.98 Å². The molecule has 0 bridgehead atoms. The Labute approximate surface area is 142 Å². The Balaban J connectivity index is 1.63. The normalized spacial score (nSPS) is 17.3. The molecule has 3 heterocycles. The first kappa shape index (κ1) is 16.9. The summed E-state index contributed by atoms with van der Waals surface area (Å²) in [7, 11) is 0. The highest BCUT2D eigenvalue weighted by Gasteiger charge is 2.23. The van der Waals surface area contributed by atoms with Gasteiger partial charge in [-0.15, -0.1) is 0 Å². The van der Waals surface area contributed by atoms with Crippen molar-refractivity contribution in [2.24, 2.45) is 5.92 Å². The van der Waals surface area contributed by atoms with Crippen molar-refractivity contribution in [3.63, 3.8) is 0 Å². The molecule has 1 saturated heterocycles. The van der Waals surface area contributed by atoms with Crippen molar-refractivity contribution in [2.75, 3.05) is 32.8 Å². The molecule has 1 atom stereocenters. The second kappa shape index (κ2) is 7.77. The van der Waals surface area contributed by atoms with E-state index in [0.717, 1.165) is 38.4 Å². The van der Waals surface area contributed by atoms with Crippen LogP contribution in [0.1, 0.15) is 30.8 Å². The van der Waals surface area contributed by atoms with Gasteiger partial charge in [0.1, 0.15) is 11.3 Å². The number of carbonyl (C=O) groups excluding carboxylic acids is 1. The van der Waals surface area contributed by atoms with Crippen molar-refractivity contribution in [2.45, 2.75) is 26.3 Å². The molecule has 0 saturated carbocycles. The number of fused-ring (bicyclic) bond motifs is 1. The summed E-state index contributed by atoms with van der Waals surface area (Å²) in [5, 5.41) is 3.07.